The first kappa shape index (κ1) is 25.1. The molecule has 0 fully saturated rings. The minimum absolute atomic E-state index is 0.218. The van der Waals surface area contributed by atoms with E-state index in [0.717, 1.165) is 26.9 Å². The third-order valence-electron chi connectivity index (χ3n) is 6.59. The number of amides is 1. The minimum Gasteiger partial charge on any atom is -0.271 e. The molecule has 1 atom stereocenters. The van der Waals surface area contributed by atoms with Gasteiger partial charge in [0.1, 0.15) is 12.1 Å². The Bertz CT molecular complexity index is 1580. The van der Waals surface area contributed by atoms with E-state index in [4.69, 9.17) is 5.10 Å². The molecule has 4 aromatic rings. The molecule has 0 saturated heterocycles. The second-order valence-electron chi connectivity index (χ2n) is 10.5. The van der Waals surface area contributed by atoms with Crippen LogP contribution in [-0.2, 0) is 16.9 Å². The predicted molar refractivity (Wildman–Crippen MR) is 148 cm³/mol. The van der Waals surface area contributed by atoms with Crippen LogP contribution in [-0.4, -0.2) is 36.2 Å². The lowest BCUT2D eigenvalue weighted by atomic mass is 9.98. The molecule has 1 amide bonds. The first-order valence-corrected chi connectivity index (χ1v) is 13.0. The fraction of sp³-hybridized carbons (Fsp3) is 0.321. The van der Waals surface area contributed by atoms with Gasteiger partial charge in [0, 0.05) is 16.3 Å². The highest BCUT2D eigenvalue weighted by atomic mass is 79.9. The summed E-state index contributed by atoms with van der Waals surface area (Å²) in [6, 6.07) is 15.8. The van der Waals surface area contributed by atoms with E-state index in [0.29, 0.717) is 23.0 Å². The summed E-state index contributed by atoms with van der Waals surface area (Å²) in [7, 11) is 0. The van der Waals surface area contributed by atoms with E-state index in [1.54, 1.807) is 10.9 Å². The third kappa shape index (κ3) is 4.75. The molecule has 0 spiro atoms. The molecule has 9 heteroatoms. The fourth-order valence-electron chi connectivity index (χ4n) is 4.64. The second-order valence-corrected chi connectivity index (χ2v) is 11.4. The summed E-state index contributed by atoms with van der Waals surface area (Å²) < 4.78 is 3.92. The van der Waals surface area contributed by atoms with E-state index >= 15 is 0 Å². The fourth-order valence-corrected chi connectivity index (χ4v) is 4.91. The molecular formula is C28H29BrN6O2. The number of hydrazone groups is 1. The third-order valence-corrected chi connectivity index (χ3v) is 7.12. The Morgan fingerprint density at radius 2 is 1.73 bits per heavy atom. The molecule has 0 bridgehead atoms. The molecule has 1 aliphatic rings. The topological polar surface area (TPSA) is 85.4 Å². The molecule has 0 saturated carbocycles. The minimum atomic E-state index is -0.397. The summed E-state index contributed by atoms with van der Waals surface area (Å²) in [5.74, 6) is -0.298. The molecule has 2 aromatic carbocycles. The number of rotatable bonds is 4. The smallest absolute Gasteiger partial charge is 0.271 e. The molecule has 190 valence electrons. The lowest BCUT2D eigenvalue weighted by Crippen LogP contribution is -2.36. The van der Waals surface area contributed by atoms with Crippen molar-refractivity contribution in [1.82, 2.24) is 24.6 Å². The molecule has 1 unspecified atom stereocenters. The highest BCUT2D eigenvalue weighted by Crippen LogP contribution is 2.33. The van der Waals surface area contributed by atoms with Gasteiger partial charge < -0.3 is 0 Å². The Hall–Kier alpha value is -3.59. The zero-order chi connectivity index (χ0) is 26.5. The van der Waals surface area contributed by atoms with Gasteiger partial charge in [-0.1, -0.05) is 57.9 Å². The van der Waals surface area contributed by atoms with Crippen molar-refractivity contribution in [3.8, 4) is 0 Å². The van der Waals surface area contributed by atoms with Crippen molar-refractivity contribution in [2.45, 2.75) is 59.2 Å². The van der Waals surface area contributed by atoms with Crippen molar-refractivity contribution in [1.29, 1.82) is 0 Å². The highest BCUT2D eigenvalue weighted by molar-refractivity contribution is 9.10. The van der Waals surface area contributed by atoms with Crippen molar-refractivity contribution in [3.63, 3.8) is 0 Å². The van der Waals surface area contributed by atoms with Crippen molar-refractivity contribution in [3.05, 3.63) is 91.9 Å². The van der Waals surface area contributed by atoms with Crippen LogP contribution >= 0.6 is 15.9 Å². The van der Waals surface area contributed by atoms with Gasteiger partial charge in [0.25, 0.3) is 11.5 Å². The van der Waals surface area contributed by atoms with Crippen LogP contribution in [0.4, 0.5) is 0 Å². The van der Waals surface area contributed by atoms with E-state index in [1.807, 2.05) is 83.1 Å². The number of hydrogen-bond acceptors (Lipinski definition) is 5. The molecule has 8 nitrogen and oxygen atoms in total. The largest absolute Gasteiger partial charge is 0.293 e. The first-order valence-electron chi connectivity index (χ1n) is 12.2. The second kappa shape index (κ2) is 9.37. The van der Waals surface area contributed by atoms with Crippen molar-refractivity contribution in [2.24, 2.45) is 5.10 Å². The van der Waals surface area contributed by atoms with Crippen LogP contribution in [0.25, 0.3) is 10.9 Å². The summed E-state index contributed by atoms with van der Waals surface area (Å²) in [4.78, 5) is 27.2. The van der Waals surface area contributed by atoms with Crippen LogP contribution in [0.3, 0.4) is 0 Å². The molecule has 0 N–H and O–H groups in total. The van der Waals surface area contributed by atoms with Gasteiger partial charge in [-0.3, -0.25) is 14.3 Å². The SMILES string of the molecule is Cc1ccc(C2CC(c3ccc(Br)cc3)=NN2C(=O)Cn2nc(C)c3cnn(C(C)(C)C)c3c2=O)cc1. The Morgan fingerprint density at radius 1 is 1.05 bits per heavy atom. The molecule has 5 rings (SSSR count). The number of fused-ring (bicyclic) bond motifs is 1. The first-order chi connectivity index (χ1) is 17.5. The molecular weight excluding hydrogens is 532 g/mol. The maximum absolute atomic E-state index is 13.7. The van der Waals surface area contributed by atoms with Gasteiger partial charge in [0.15, 0.2) is 0 Å². The Labute approximate surface area is 223 Å². The van der Waals surface area contributed by atoms with Crippen molar-refractivity contribution < 1.29 is 4.79 Å². The van der Waals surface area contributed by atoms with E-state index in [-0.39, 0.29) is 24.1 Å². The normalized spacial score (nSPS) is 15.9. The highest BCUT2D eigenvalue weighted by Gasteiger charge is 2.34. The molecule has 3 heterocycles. The number of carbonyl (C=O) groups is 1. The number of benzene rings is 2. The number of aryl methyl sites for hydroxylation is 2. The molecule has 0 aliphatic carbocycles. The van der Waals surface area contributed by atoms with Gasteiger partial charge in [-0.2, -0.15) is 15.3 Å². The van der Waals surface area contributed by atoms with Gasteiger partial charge in [-0.05, 0) is 57.9 Å². The summed E-state index contributed by atoms with van der Waals surface area (Å²) in [6.45, 7) is 9.59. The maximum Gasteiger partial charge on any atom is 0.293 e. The average Bonchev–Trinajstić information content (AvgIpc) is 3.49. The number of nitrogens with zero attached hydrogens (tertiary/aromatic N) is 6. The quantitative estimate of drug-likeness (QED) is 0.347. The van der Waals surface area contributed by atoms with Gasteiger partial charge in [-0.15, -0.1) is 0 Å². The maximum atomic E-state index is 13.7. The van der Waals surface area contributed by atoms with Crippen molar-refractivity contribution >= 4 is 38.5 Å². The average molecular weight is 561 g/mol. The van der Waals surface area contributed by atoms with Gasteiger partial charge in [0.05, 0.1) is 29.2 Å². The zero-order valence-electron chi connectivity index (χ0n) is 21.6. The Balaban J connectivity index is 1.54. The summed E-state index contributed by atoms with van der Waals surface area (Å²) in [5, 5.41) is 15.8. The molecule has 1 aliphatic heterocycles. The lowest BCUT2D eigenvalue weighted by molar-refractivity contribution is -0.133. The number of hydrogen-bond donors (Lipinski definition) is 0. The monoisotopic (exact) mass is 560 g/mol. The zero-order valence-corrected chi connectivity index (χ0v) is 23.2. The Kier molecular flexibility index (Phi) is 6.35. The lowest BCUT2D eigenvalue weighted by Gasteiger charge is -2.23. The van der Waals surface area contributed by atoms with Crippen LogP contribution in [0, 0.1) is 13.8 Å². The molecule has 37 heavy (non-hydrogen) atoms. The predicted octanol–water partition coefficient (Wildman–Crippen LogP) is 5.11. The van der Waals surface area contributed by atoms with E-state index in [2.05, 4.69) is 26.1 Å². The number of aromatic nitrogens is 4. The Morgan fingerprint density at radius 3 is 2.38 bits per heavy atom. The van der Waals surface area contributed by atoms with E-state index in [1.165, 1.54) is 9.69 Å². The van der Waals surface area contributed by atoms with Crippen LogP contribution in [0.1, 0.15) is 55.6 Å². The standard InChI is InChI=1S/C28H29BrN6O2/c1-17-6-8-20(9-7-17)24-14-23(19-10-12-21(29)13-11-19)32-34(24)25(36)16-33-27(37)26-22(18(2)31-33)15-30-35(26)28(3,4)5/h6-13,15,24H,14,16H2,1-5H3. The number of carbonyl (C=O) groups excluding carboxylic acids is 1. The van der Waals surface area contributed by atoms with E-state index in [9.17, 15) is 9.59 Å². The summed E-state index contributed by atoms with van der Waals surface area (Å²) in [5.41, 5.74) is 4.27. The number of halogens is 1. The van der Waals surface area contributed by atoms with Gasteiger partial charge >= 0.3 is 0 Å². The molecule has 2 aromatic heterocycles. The van der Waals surface area contributed by atoms with Crippen molar-refractivity contribution in [2.75, 3.05) is 0 Å². The van der Waals surface area contributed by atoms with Crippen LogP contribution < -0.4 is 5.56 Å². The molecule has 0 radical (unpaired) electrons. The summed E-state index contributed by atoms with van der Waals surface area (Å²) in [6.07, 6.45) is 2.24. The van der Waals surface area contributed by atoms with Gasteiger partial charge in [0.2, 0.25) is 0 Å². The van der Waals surface area contributed by atoms with E-state index < -0.39 is 5.54 Å². The van der Waals surface area contributed by atoms with Gasteiger partial charge in [-0.25, -0.2) is 9.69 Å². The summed E-state index contributed by atoms with van der Waals surface area (Å²) >= 11 is 3.48. The van der Waals surface area contributed by atoms with Crippen LogP contribution in [0.15, 0.2) is 69.1 Å². The van der Waals surface area contributed by atoms with Crippen LogP contribution in [0.2, 0.25) is 0 Å². The van der Waals surface area contributed by atoms with Crippen LogP contribution in [0.5, 0.6) is 0 Å².